The summed E-state index contributed by atoms with van der Waals surface area (Å²) in [6.07, 6.45) is 9.29. The Kier molecular flexibility index (Phi) is 6.46. The van der Waals surface area contributed by atoms with Crippen molar-refractivity contribution in [1.82, 2.24) is 0 Å². The smallest absolute Gasteiger partial charge is 0.122 e. The van der Waals surface area contributed by atoms with E-state index in [1.54, 1.807) is 0 Å². The summed E-state index contributed by atoms with van der Waals surface area (Å²) in [6.45, 7) is 6.83. The molecular formula is C19H36N2O. The molecule has 0 aromatic heterocycles. The van der Waals surface area contributed by atoms with Crippen molar-refractivity contribution in [1.29, 1.82) is 0 Å². The first-order valence-corrected chi connectivity index (χ1v) is 9.38. The highest BCUT2D eigenvalue weighted by atomic mass is 16.1. The van der Waals surface area contributed by atoms with Crippen molar-refractivity contribution in [3.8, 4) is 0 Å². The van der Waals surface area contributed by atoms with Crippen molar-refractivity contribution < 1.29 is 4.79 Å². The Balaban J connectivity index is 2.13. The van der Waals surface area contributed by atoms with E-state index >= 15 is 0 Å². The lowest BCUT2D eigenvalue weighted by Gasteiger charge is -2.46. The van der Waals surface area contributed by atoms with Gasteiger partial charge in [-0.05, 0) is 74.5 Å². The van der Waals surface area contributed by atoms with Gasteiger partial charge in [-0.2, -0.15) is 0 Å². The number of rotatable bonds is 5. The van der Waals surface area contributed by atoms with Gasteiger partial charge in [0, 0.05) is 18.0 Å². The van der Waals surface area contributed by atoms with Crippen LogP contribution < -0.4 is 11.5 Å². The summed E-state index contributed by atoms with van der Waals surface area (Å²) >= 11 is 0. The van der Waals surface area contributed by atoms with Crippen LogP contribution in [0.25, 0.3) is 0 Å². The van der Waals surface area contributed by atoms with Gasteiger partial charge in [-0.1, -0.05) is 20.8 Å². The van der Waals surface area contributed by atoms with E-state index in [2.05, 4.69) is 20.8 Å². The first-order valence-electron chi connectivity index (χ1n) is 9.38. The molecule has 0 spiro atoms. The first kappa shape index (κ1) is 17.9. The minimum atomic E-state index is 0.176. The Morgan fingerprint density at radius 3 is 1.77 bits per heavy atom. The quantitative estimate of drug-likeness (QED) is 0.765. The third-order valence-electron chi connectivity index (χ3n) is 6.53. The van der Waals surface area contributed by atoms with E-state index in [0.717, 1.165) is 50.2 Å². The minimum Gasteiger partial charge on any atom is -0.328 e. The molecule has 22 heavy (non-hydrogen) atoms. The topological polar surface area (TPSA) is 69.1 Å². The summed E-state index contributed by atoms with van der Waals surface area (Å²) in [5, 5.41) is 0. The van der Waals surface area contributed by atoms with Crippen LogP contribution in [0.15, 0.2) is 0 Å². The second-order valence-electron chi connectivity index (χ2n) is 8.44. The third kappa shape index (κ3) is 4.32. The third-order valence-corrected chi connectivity index (χ3v) is 6.53. The normalized spacial score (nSPS) is 42.6. The highest BCUT2D eigenvalue weighted by Crippen LogP contribution is 2.46. The molecule has 7 unspecified atom stereocenters. The Morgan fingerprint density at radius 1 is 0.955 bits per heavy atom. The molecule has 3 heteroatoms. The molecule has 0 saturated heterocycles. The van der Waals surface area contributed by atoms with E-state index in [1.165, 1.54) is 12.8 Å². The van der Waals surface area contributed by atoms with Crippen LogP contribution in [0.5, 0.6) is 0 Å². The molecule has 0 aliphatic heterocycles. The number of hydrogen-bond acceptors (Lipinski definition) is 3. The monoisotopic (exact) mass is 308 g/mol. The van der Waals surface area contributed by atoms with Crippen molar-refractivity contribution in [2.45, 2.75) is 77.8 Å². The molecule has 7 atom stereocenters. The second-order valence-corrected chi connectivity index (χ2v) is 8.44. The van der Waals surface area contributed by atoms with E-state index in [0.29, 0.717) is 29.8 Å². The predicted octanol–water partition coefficient (Wildman–Crippen LogP) is 3.35. The van der Waals surface area contributed by atoms with Crippen LogP contribution in [0.4, 0.5) is 0 Å². The first-order chi connectivity index (χ1) is 10.4. The standard InChI is InChI=1S/C19H36N2O/c1-12(11-22)8-19(17-6-4-15(20)9-13(17)2)18-7-5-16(21)10-14(18)3/h11-19H,4-10,20-21H2,1-3H3. The van der Waals surface area contributed by atoms with Gasteiger partial charge in [-0.3, -0.25) is 0 Å². The maximum atomic E-state index is 11.2. The molecule has 2 aliphatic carbocycles. The maximum Gasteiger partial charge on any atom is 0.122 e. The van der Waals surface area contributed by atoms with Gasteiger partial charge < -0.3 is 16.3 Å². The van der Waals surface area contributed by atoms with Crippen LogP contribution in [0.3, 0.4) is 0 Å². The summed E-state index contributed by atoms with van der Waals surface area (Å²) in [7, 11) is 0. The number of carbonyl (C=O) groups is 1. The van der Waals surface area contributed by atoms with Gasteiger partial charge in [0.25, 0.3) is 0 Å². The second kappa shape index (κ2) is 7.92. The molecule has 0 heterocycles. The van der Waals surface area contributed by atoms with Crippen LogP contribution in [0.1, 0.15) is 65.7 Å². The molecule has 0 aromatic carbocycles. The molecule has 4 N–H and O–H groups in total. The molecule has 0 amide bonds. The molecule has 2 aliphatic rings. The molecule has 128 valence electrons. The number of hydrogen-bond donors (Lipinski definition) is 2. The summed E-state index contributed by atoms with van der Waals surface area (Å²) < 4.78 is 0. The van der Waals surface area contributed by atoms with Gasteiger partial charge in [0.1, 0.15) is 6.29 Å². The highest BCUT2D eigenvalue weighted by Gasteiger charge is 2.40. The van der Waals surface area contributed by atoms with E-state index in [-0.39, 0.29) is 5.92 Å². The number of aldehydes is 1. The molecule has 2 saturated carbocycles. The van der Waals surface area contributed by atoms with Gasteiger partial charge in [0.2, 0.25) is 0 Å². The molecule has 0 bridgehead atoms. The molecule has 0 aromatic rings. The van der Waals surface area contributed by atoms with Crippen molar-refractivity contribution in [3.05, 3.63) is 0 Å². The fraction of sp³-hybridized carbons (Fsp3) is 0.947. The van der Waals surface area contributed by atoms with Crippen LogP contribution in [-0.4, -0.2) is 18.4 Å². The summed E-state index contributed by atoms with van der Waals surface area (Å²) in [5.41, 5.74) is 12.3. The van der Waals surface area contributed by atoms with Gasteiger partial charge in [0.05, 0.1) is 0 Å². The van der Waals surface area contributed by atoms with Crippen LogP contribution in [0, 0.1) is 35.5 Å². The maximum absolute atomic E-state index is 11.2. The van der Waals surface area contributed by atoms with E-state index in [1.807, 2.05) is 0 Å². The molecule has 0 radical (unpaired) electrons. The number of nitrogens with two attached hydrogens (primary N) is 2. The molecule has 3 nitrogen and oxygen atoms in total. The Labute approximate surface area is 136 Å². The Bertz CT molecular complexity index is 333. The van der Waals surface area contributed by atoms with Crippen molar-refractivity contribution in [2.24, 2.45) is 47.0 Å². The zero-order chi connectivity index (χ0) is 16.3. The van der Waals surface area contributed by atoms with E-state index < -0.39 is 0 Å². The van der Waals surface area contributed by atoms with E-state index in [4.69, 9.17) is 11.5 Å². The largest absolute Gasteiger partial charge is 0.328 e. The average molecular weight is 309 g/mol. The zero-order valence-corrected chi connectivity index (χ0v) is 14.7. The average Bonchev–Trinajstić information content (AvgIpc) is 2.45. The van der Waals surface area contributed by atoms with Crippen molar-refractivity contribution >= 4 is 6.29 Å². The van der Waals surface area contributed by atoms with Crippen LogP contribution >= 0.6 is 0 Å². The van der Waals surface area contributed by atoms with Crippen molar-refractivity contribution in [2.75, 3.05) is 0 Å². The van der Waals surface area contributed by atoms with Gasteiger partial charge in [0.15, 0.2) is 0 Å². The summed E-state index contributed by atoms with van der Waals surface area (Å²) in [6, 6.07) is 0.764. The Hall–Kier alpha value is -0.410. The van der Waals surface area contributed by atoms with Gasteiger partial charge >= 0.3 is 0 Å². The number of carbonyl (C=O) groups excluding carboxylic acids is 1. The highest BCUT2D eigenvalue weighted by molar-refractivity contribution is 5.52. The van der Waals surface area contributed by atoms with Gasteiger partial charge in [-0.15, -0.1) is 0 Å². The Morgan fingerprint density at radius 2 is 1.41 bits per heavy atom. The summed E-state index contributed by atoms with van der Waals surface area (Å²) in [4.78, 5) is 11.2. The minimum absolute atomic E-state index is 0.176. The lowest BCUT2D eigenvalue weighted by Crippen LogP contribution is -2.42. The fourth-order valence-electron chi connectivity index (χ4n) is 5.35. The van der Waals surface area contributed by atoms with Crippen LogP contribution in [-0.2, 0) is 4.79 Å². The lowest BCUT2D eigenvalue weighted by molar-refractivity contribution is -0.111. The predicted molar refractivity (Wildman–Crippen MR) is 92.3 cm³/mol. The SMILES string of the molecule is CC(C=O)CC(C1CCC(N)CC1C)C1CCC(N)CC1C. The van der Waals surface area contributed by atoms with Gasteiger partial charge in [-0.25, -0.2) is 0 Å². The molecule has 2 fully saturated rings. The lowest BCUT2D eigenvalue weighted by atomic mass is 9.60. The zero-order valence-electron chi connectivity index (χ0n) is 14.7. The molecule has 2 rings (SSSR count). The summed E-state index contributed by atoms with van der Waals surface area (Å²) in [5.74, 6) is 3.71. The van der Waals surface area contributed by atoms with Crippen LogP contribution in [0.2, 0.25) is 0 Å². The molecular weight excluding hydrogens is 272 g/mol. The van der Waals surface area contributed by atoms with Crippen molar-refractivity contribution in [3.63, 3.8) is 0 Å². The fourth-order valence-corrected chi connectivity index (χ4v) is 5.35. The van der Waals surface area contributed by atoms with E-state index in [9.17, 15) is 4.79 Å².